The first-order valence-corrected chi connectivity index (χ1v) is 12.8. The first-order valence-electron chi connectivity index (χ1n) is 10.2. The minimum absolute atomic E-state index is 0.0379. The number of nitrogens with zero attached hydrogens (tertiary/aromatic N) is 2. The van der Waals surface area contributed by atoms with E-state index >= 15 is 0 Å². The number of halogens is 3. The van der Waals surface area contributed by atoms with Crippen molar-refractivity contribution in [3.63, 3.8) is 0 Å². The van der Waals surface area contributed by atoms with Gasteiger partial charge in [0.15, 0.2) is 0 Å². The lowest BCUT2D eigenvalue weighted by Crippen LogP contribution is -2.36. The van der Waals surface area contributed by atoms with Crippen LogP contribution >= 0.6 is 34.8 Å². The van der Waals surface area contributed by atoms with Crippen LogP contribution in [0.3, 0.4) is 0 Å². The summed E-state index contributed by atoms with van der Waals surface area (Å²) in [5, 5.41) is 7.19. The molecule has 0 amide bonds. The van der Waals surface area contributed by atoms with Gasteiger partial charge in [0.1, 0.15) is 10.6 Å². The summed E-state index contributed by atoms with van der Waals surface area (Å²) in [6, 6.07) is 11.3. The fraction of sp³-hybridized carbons (Fsp3) is 0.136. The molecule has 3 aliphatic heterocycles. The number of allylic oxidation sites excluding steroid dienone is 2. The Bertz CT molecular complexity index is 1360. The predicted molar refractivity (Wildman–Crippen MR) is 132 cm³/mol. The van der Waals surface area contributed by atoms with Gasteiger partial charge in [-0.3, -0.25) is 0 Å². The van der Waals surface area contributed by atoms with Crippen molar-refractivity contribution >= 4 is 50.5 Å². The van der Waals surface area contributed by atoms with Crippen molar-refractivity contribution in [1.29, 1.82) is 0 Å². The topological polar surface area (TPSA) is 95.1 Å². The molecule has 2 aromatic carbocycles. The molecular formula is C22H18Cl3N5O3S. The largest absolute Gasteiger partial charge is 0.302 e. The average molecular weight is 539 g/mol. The van der Waals surface area contributed by atoms with Crippen LogP contribution in [0.2, 0.25) is 15.1 Å². The van der Waals surface area contributed by atoms with Crippen molar-refractivity contribution in [1.82, 2.24) is 20.7 Å². The smallest absolute Gasteiger partial charge is 0.243 e. The third-order valence-electron chi connectivity index (χ3n) is 5.52. The van der Waals surface area contributed by atoms with E-state index in [0.717, 1.165) is 5.56 Å². The highest BCUT2D eigenvalue weighted by atomic mass is 35.5. The second-order valence-corrected chi connectivity index (χ2v) is 10.7. The third kappa shape index (κ3) is 4.55. The average Bonchev–Trinajstić information content (AvgIpc) is 3.48. The lowest BCUT2D eigenvalue weighted by molar-refractivity contribution is -0.112. The van der Waals surface area contributed by atoms with Gasteiger partial charge in [-0.05, 0) is 47.5 Å². The number of hydroxylamine groups is 3. The fourth-order valence-electron chi connectivity index (χ4n) is 3.86. The molecule has 0 bridgehead atoms. The van der Waals surface area contributed by atoms with Gasteiger partial charge < -0.3 is 5.43 Å². The Morgan fingerprint density at radius 2 is 1.88 bits per heavy atom. The number of nitrogens with one attached hydrogen (secondary N) is 3. The zero-order valence-electron chi connectivity index (χ0n) is 17.4. The second-order valence-electron chi connectivity index (χ2n) is 7.70. The maximum Gasteiger partial charge on any atom is 0.243 e. The summed E-state index contributed by atoms with van der Waals surface area (Å²) in [6.45, 7) is 0. The van der Waals surface area contributed by atoms with Crippen molar-refractivity contribution in [2.75, 3.05) is 0 Å². The minimum atomic E-state index is -4.02. The molecule has 0 saturated carbocycles. The van der Waals surface area contributed by atoms with E-state index in [1.807, 2.05) is 12.1 Å². The SMILES string of the molecule is O=S(=O)(N[C@@H](C1=NNC(c2ccc(Cl)cc2)C1)c1ccc(Cl)cc1Cl)C1=CC=CN2ONC=C12. The van der Waals surface area contributed by atoms with Crippen LogP contribution in [0, 0.1) is 0 Å². The van der Waals surface area contributed by atoms with Crippen molar-refractivity contribution in [3.05, 3.63) is 104 Å². The van der Waals surface area contributed by atoms with E-state index < -0.39 is 16.1 Å². The first-order chi connectivity index (χ1) is 16.3. The number of hydrogen-bond acceptors (Lipinski definition) is 7. The van der Waals surface area contributed by atoms with Crippen LogP contribution in [0.25, 0.3) is 0 Å². The molecular weight excluding hydrogens is 521 g/mol. The number of benzene rings is 2. The molecule has 176 valence electrons. The highest BCUT2D eigenvalue weighted by Crippen LogP contribution is 2.35. The molecule has 3 N–H and O–H groups in total. The molecule has 1 unspecified atom stereocenters. The molecule has 0 fully saturated rings. The van der Waals surface area contributed by atoms with Crippen LogP contribution in [0.4, 0.5) is 0 Å². The van der Waals surface area contributed by atoms with Gasteiger partial charge >= 0.3 is 0 Å². The van der Waals surface area contributed by atoms with Crippen LogP contribution < -0.4 is 15.6 Å². The van der Waals surface area contributed by atoms with Gasteiger partial charge in [0, 0.05) is 27.7 Å². The highest BCUT2D eigenvalue weighted by molar-refractivity contribution is 7.93. The number of rotatable bonds is 6. The standard InChI is InChI=1S/C22H18Cl3N5O3S/c23-14-5-3-13(4-6-14)18-11-19(28-27-18)22(16-8-7-15(24)10-17(16)25)29-34(31,32)21-2-1-9-30-20(21)12-26-33-30/h1-10,12,18,22,26-27,29H,11H2/t18?,22-/m1/s1. The Morgan fingerprint density at radius 3 is 2.65 bits per heavy atom. The van der Waals surface area contributed by atoms with E-state index in [1.54, 1.807) is 42.6 Å². The lowest BCUT2D eigenvalue weighted by Gasteiger charge is -2.24. The lowest BCUT2D eigenvalue weighted by atomic mass is 9.96. The molecule has 0 radical (unpaired) electrons. The predicted octanol–water partition coefficient (Wildman–Crippen LogP) is 4.70. The van der Waals surface area contributed by atoms with Gasteiger partial charge in [-0.2, -0.15) is 14.8 Å². The van der Waals surface area contributed by atoms with Gasteiger partial charge in [-0.15, -0.1) is 0 Å². The van der Waals surface area contributed by atoms with Gasteiger partial charge in [0.2, 0.25) is 10.0 Å². The highest BCUT2D eigenvalue weighted by Gasteiger charge is 2.36. The van der Waals surface area contributed by atoms with Crippen LogP contribution in [-0.2, 0) is 15.0 Å². The van der Waals surface area contributed by atoms with E-state index in [9.17, 15) is 8.42 Å². The van der Waals surface area contributed by atoms with Gasteiger partial charge in [-0.1, -0.05) is 53.0 Å². The van der Waals surface area contributed by atoms with Crippen molar-refractivity contribution in [2.45, 2.75) is 18.5 Å². The molecule has 0 aromatic heterocycles. The summed E-state index contributed by atoms with van der Waals surface area (Å²) in [5.74, 6) is 0. The van der Waals surface area contributed by atoms with E-state index in [2.05, 4.69) is 20.7 Å². The number of hydrazone groups is 1. The molecule has 3 aliphatic rings. The molecule has 2 aromatic rings. The van der Waals surface area contributed by atoms with Crippen LogP contribution in [0.1, 0.15) is 29.6 Å². The zero-order valence-corrected chi connectivity index (χ0v) is 20.5. The van der Waals surface area contributed by atoms with Crippen molar-refractivity contribution in [2.24, 2.45) is 5.10 Å². The normalized spacial score (nSPS) is 20.1. The molecule has 5 rings (SSSR count). The number of hydrogen-bond donors (Lipinski definition) is 3. The van der Waals surface area contributed by atoms with Gasteiger partial charge in [0.05, 0.1) is 24.0 Å². The maximum atomic E-state index is 13.5. The van der Waals surface area contributed by atoms with Gasteiger partial charge in [0.25, 0.3) is 0 Å². The van der Waals surface area contributed by atoms with E-state index in [4.69, 9.17) is 39.7 Å². The Kier molecular flexibility index (Phi) is 6.32. The Balaban J connectivity index is 1.48. The molecule has 0 aliphatic carbocycles. The maximum absolute atomic E-state index is 13.5. The zero-order chi connectivity index (χ0) is 23.9. The van der Waals surface area contributed by atoms with Crippen molar-refractivity contribution < 1.29 is 13.4 Å². The summed E-state index contributed by atoms with van der Waals surface area (Å²) in [7, 11) is -4.02. The summed E-state index contributed by atoms with van der Waals surface area (Å²) in [6.07, 6.45) is 6.58. The van der Waals surface area contributed by atoms with Crippen LogP contribution in [0.15, 0.2) is 82.7 Å². The summed E-state index contributed by atoms with van der Waals surface area (Å²) >= 11 is 18.6. The third-order valence-corrected chi connectivity index (χ3v) is 7.81. The molecule has 3 heterocycles. The summed E-state index contributed by atoms with van der Waals surface area (Å²) < 4.78 is 29.8. The minimum Gasteiger partial charge on any atom is -0.302 e. The van der Waals surface area contributed by atoms with Crippen molar-refractivity contribution in [3.8, 4) is 0 Å². The number of fused-ring (bicyclic) bond motifs is 1. The molecule has 0 spiro atoms. The fourth-order valence-corrected chi connectivity index (χ4v) is 5.89. The number of sulfonamides is 1. The van der Waals surface area contributed by atoms with Gasteiger partial charge in [-0.25, -0.2) is 19.0 Å². The monoisotopic (exact) mass is 537 g/mol. The molecule has 8 nitrogen and oxygen atoms in total. The Hall–Kier alpha value is -2.53. The summed E-state index contributed by atoms with van der Waals surface area (Å²) in [4.78, 5) is 5.21. The van der Waals surface area contributed by atoms with E-state index in [1.165, 1.54) is 17.3 Å². The molecule has 34 heavy (non-hydrogen) atoms. The second kappa shape index (κ2) is 9.26. The Labute approximate surface area is 211 Å². The molecule has 12 heteroatoms. The van der Waals surface area contributed by atoms with E-state index in [0.29, 0.717) is 38.5 Å². The van der Waals surface area contributed by atoms with Crippen LogP contribution in [-0.4, -0.2) is 19.2 Å². The van der Waals surface area contributed by atoms with E-state index in [-0.39, 0.29) is 10.9 Å². The molecule has 2 atom stereocenters. The quantitative estimate of drug-likeness (QED) is 0.493. The van der Waals surface area contributed by atoms with Crippen LogP contribution in [0.5, 0.6) is 0 Å². The first kappa shape index (κ1) is 23.2. The Morgan fingerprint density at radius 1 is 1.12 bits per heavy atom. The summed E-state index contributed by atoms with van der Waals surface area (Å²) in [5.41, 5.74) is 8.07. The molecule has 0 saturated heterocycles.